The van der Waals surface area contributed by atoms with Crippen molar-refractivity contribution in [1.82, 2.24) is 0 Å². The van der Waals surface area contributed by atoms with Crippen LogP contribution in [0.5, 0.6) is 0 Å². The summed E-state index contributed by atoms with van der Waals surface area (Å²) in [6.45, 7) is 10.7. The van der Waals surface area contributed by atoms with Crippen LogP contribution in [0.15, 0.2) is 201 Å². The van der Waals surface area contributed by atoms with E-state index < -0.39 is 0 Å². The Hall–Kier alpha value is -6.96. The van der Waals surface area contributed by atoms with Crippen molar-refractivity contribution in [3.05, 3.63) is 217 Å². The molecule has 0 fully saturated rings. The molecule has 0 bridgehead atoms. The second-order valence-electron chi connectivity index (χ2n) is 15.7. The zero-order valence-corrected chi connectivity index (χ0v) is 32.6. The van der Waals surface area contributed by atoms with E-state index in [-0.39, 0.29) is 5.41 Å². The maximum atomic E-state index is 3.88. The largest absolute Gasteiger partial charge is 0.310 e. The van der Waals surface area contributed by atoms with E-state index >= 15 is 0 Å². The van der Waals surface area contributed by atoms with Crippen LogP contribution in [-0.4, -0.2) is 0 Å². The number of hydrogen-bond donors (Lipinski definition) is 0. The molecule has 2 aliphatic rings. The van der Waals surface area contributed by atoms with Gasteiger partial charge in [0.15, 0.2) is 0 Å². The minimum absolute atomic E-state index is 0.109. The minimum atomic E-state index is -0.109. The van der Waals surface area contributed by atoms with Gasteiger partial charge in [-0.2, -0.15) is 0 Å². The summed E-state index contributed by atoms with van der Waals surface area (Å²) in [4.78, 5) is 2.45. The molecule has 0 saturated heterocycles. The summed E-state index contributed by atoms with van der Waals surface area (Å²) in [5.41, 5.74) is 21.1. The molecule has 1 heteroatoms. The Balaban J connectivity index is 1.12. The molecule has 0 unspecified atom stereocenters. The number of rotatable bonds is 8. The monoisotopic (exact) mass is 729 g/mol. The fourth-order valence-electron chi connectivity index (χ4n) is 9.43. The summed E-state index contributed by atoms with van der Waals surface area (Å²) in [6, 6.07) is 63.0. The first-order valence-electron chi connectivity index (χ1n) is 19.9. The third-order valence-corrected chi connectivity index (χ3v) is 12.2. The summed E-state index contributed by atoms with van der Waals surface area (Å²) in [6.07, 6.45) is 8.08. The number of allylic oxidation sites excluding steroid dienone is 5. The third-order valence-electron chi connectivity index (χ3n) is 12.2. The molecule has 0 spiro atoms. The van der Waals surface area contributed by atoms with E-state index in [2.05, 4.69) is 214 Å². The van der Waals surface area contributed by atoms with Crippen molar-refractivity contribution < 1.29 is 0 Å². The van der Waals surface area contributed by atoms with Crippen molar-refractivity contribution >= 4 is 33.4 Å². The van der Waals surface area contributed by atoms with E-state index in [1.165, 1.54) is 88.8 Å². The van der Waals surface area contributed by atoms with Crippen LogP contribution in [0.4, 0.5) is 17.1 Å². The van der Waals surface area contributed by atoms with Crippen LogP contribution in [0.3, 0.4) is 0 Å². The zero-order valence-electron chi connectivity index (χ0n) is 32.6. The van der Waals surface area contributed by atoms with Gasteiger partial charge in [0, 0.05) is 22.4 Å². The van der Waals surface area contributed by atoms with Crippen LogP contribution < -0.4 is 4.90 Å². The van der Waals surface area contributed by atoms with Crippen molar-refractivity contribution in [1.29, 1.82) is 0 Å². The minimum Gasteiger partial charge on any atom is -0.310 e. The van der Waals surface area contributed by atoms with Gasteiger partial charge >= 0.3 is 0 Å². The van der Waals surface area contributed by atoms with Gasteiger partial charge in [-0.05, 0) is 126 Å². The summed E-state index contributed by atoms with van der Waals surface area (Å²) < 4.78 is 0. The molecule has 0 atom stereocenters. The van der Waals surface area contributed by atoms with E-state index in [0.717, 1.165) is 16.9 Å². The molecule has 0 saturated carbocycles. The average Bonchev–Trinajstić information content (AvgIpc) is 3.72. The molecule has 0 amide bonds. The molecule has 0 N–H and O–H groups in total. The first-order chi connectivity index (χ1) is 28.0. The quantitative estimate of drug-likeness (QED) is 0.141. The molecule has 10 rings (SSSR count). The van der Waals surface area contributed by atoms with Gasteiger partial charge in [0.1, 0.15) is 0 Å². The van der Waals surface area contributed by atoms with Crippen LogP contribution in [-0.2, 0) is 5.41 Å². The first kappa shape index (κ1) is 34.5. The molecule has 0 aromatic heterocycles. The molecular weight excluding hydrogens is 687 g/mol. The Bertz CT molecular complexity index is 2950. The highest BCUT2D eigenvalue weighted by molar-refractivity contribution is 6.19. The van der Waals surface area contributed by atoms with Crippen LogP contribution in [0.2, 0.25) is 0 Å². The fourth-order valence-corrected chi connectivity index (χ4v) is 9.43. The van der Waals surface area contributed by atoms with E-state index in [0.29, 0.717) is 0 Å². The van der Waals surface area contributed by atoms with Gasteiger partial charge in [-0.25, -0.2) is 0 Å². The Morgan fingerprint density at radius 2 is 1.19 bits per heavy atom. The summed E-state index contributed by atoms with van der Waals surface area (Å²) >= 11 is 0. The summed E-state index contributed by atoms with van der Waals surface area (Å²) in [5.74, 6) is 0. The summed E-state index contributed by atoms with van der Waals surface area (Å²) in [7, 11) is 0. The van der Waals surface area contributed by atoms with Gasteiger partial charge in [0.2, 0.25) is 0 Å². The highest BCUT2D eigenvalue weighted by atomic mass is 15.1. The van der Waals surface area contributed by atoms with Gasteiger partial charge < -0.3 is 4.90 Å². The predicted molar refractivity (Wildman–Crippen MR) is 244 cm³/mol. The maximum absolute atomic E-state index is 3.88. The van der Waals surface area contributed by atoms with Crippen molar-refractivity contribution in [2.45, 2.75) is 26.2 Å². The number of hydrogen-bond acceptors (Lipinski definition) is 1. The molecule has 0 aliphatic heterocycles. The lowest BCUT2D eigenvalue weighted by atomic mass is 9.82. The number of nitrogens with zero attached hydrogens (tertiary/aromatic N) is 1. The van der Waals surface area contributed by atoms with Crippen LogP contribution in [0, 0.1) is 0 Å². The van der Waals surface area contributed by atoms with Crippen molar-refractivity contribution in [3.63, 3.8) is 0 Å². The lowest BCUT2D eigenvalue weighted by molar-refractivity contribution is 0.660. The highest BCUT2D eigenvalue weighted by Gasteiger charge is 2.37. The molecular formula is C56H43N. The predicted octanol–water partition coefficient (Wildman–Crippen LogP) is 15.7. The van der Waals surface area contributed by atoms with E-state index in [9.17, 15) is 0 Å². The topological polar surface area (TPSA) is 3.24 Å². The Kier molecular flexibility index (Phi) is 8.27. The van der Waals surface area contributed by atoms with Crippen LogP contribution in [0.1, 0.15) is 37.5 Å². The van der Waals surface area contributed by atoms with Crippen molar-refractivity contribution in [3.8, 4) is 55.6 Å². The third kappa shape index (κ3) is 5.53. The number of anilines is 3. The standard InChI is InChI=1S/C56H43N/c1-5-7-16-37(6-2)38-29-32-43(33-30-38)57(52-28-15-27-51-55(52)49-24-10-11-26-50(49)56(51,3)4)44-21-13-19-41(36-44)40-18-12-20-42(35-40)45-34-31-39-17-14-25-47-46-22-8-9-23-48(46)54(45)53(39)47/h5-36H,1H2,2-4H3/b16-7-,37-6+. The Morgan fingerprint density at radius 1 is 0.526 bits per heavy atom. The van der Waals surface area contributed by atoms with Gasteiger partial charge in [-0.3, -0.25) is 0 Å². The van der Waals surface area contributed by atoms with Gasteiger partial charge in [0.05, 0.1) is 5.69 Å². The lowest BCUT2D eigenvalue weighted by Gasteiger charge is -2.29. The average molecular weight is 730 g/mol. The van der Waals surface area contributed by atoms with Crippen LogP contribution >= 0.6 is 0 Å². The number of benzene rings is 8. The first-order valence-corrected chi connectivity index (χ1v) is 19.9. The Labute approximate surface area is 336 Å². The number of fused-ring (bicyclic) bond motifs is 6. The molecule has 0 heterocycles. The van der Waals surface area contributed by atoms with Gasteiger partial charge in [-0.15, -0.1) is 0 Å². The SMILES string of the molecule is C=C/C=C\C(=C/C)c1ccc(N(c2cccc(-c3cccc(-c4ccc5cccc6c5c4-c4ccccc4-6)c3)c2)c2cccc3c2-c2ccccc2C3(C)C)cc1. The fraction of sp³-hybridized carbons (Fsp3) is 0.0714. The lowest BCUT2D eigenvalue weighted by Crippen LogP contribution is -2.16. The smallest absolute Gasteiger partial charge is 0.0543 e. The molecule has 1 nitrogen and oxygen atoms in total. The molecule has 57 heavy (non-hydrogen) atoms. The van der Waals surface area contributed by atoms with Gasteiger partial charge in [0.25, 0.3) is 0 Å². The van der Waals surface area contributed by atoms with Crippen molar-refractivity contribution in [2.75, 3.05) is 4.90 Å². The van der Waals surface area contributed by atoms with E-state index in [1.54, 1.807) is 0 Å². The molecule has 8 aromatic rings. The Morgan fingerprint density at radius 3 is 2.00 bits per heavy atom. The second-order valence-corrected chi connectivity index (χ2v) is 15.7. The van der Waals surface area contributed by atoms with Crippen molar-refractivity contribution in [2.24, 2.45) is 0 Å². The highest BCUT2D eigenvalue weighted by Crippen LogP contribution is 2.55. The summed E-state index contributed by atoms with van der Waals surface area (Å²) in [5, 5.41) is 2.64. The maximum Gasteiger partial charge on any atom is 0.0543 e. The molecule has 8 aromatic carbocycles. The molecule has 0 radical (unpaired) electrons. The normalized spacial score (nSPS) is 13.4. The molecule has 2 aliphatic carbocycles. The second kappa shape index (κ2) is 13.7. The van der Waals surface area contributed by atoms with E-state index in [4.69, 9.17) is 0 Å². The zero-order chi connectivity index (χ0) is 38.7. The van der Waals surface area contributed by atoms with Gasteiger partial charge in [-0.1, -0.05) is 178 Å². The van der Waals surface area contributed by atoms with Crippen LogP contribution in [0.25, 0.3) is 72.0 Å². The molecule has 272 valence electrons. The van der Waals surface area contributed by atoms with E-state index in [1.807, 2.05) is 12.2 Å².